The molecule has 1 aliphatic carbocycles. The Morgan fingerprint density at radius 2 is 1.90 bits per heavy atom. The summed E-state index contributed by atoms with van der Waals surface area (Å²) in [6.45, 7) is 8.89. The summed E-state index contributed by atoms with van der Waals surface area (Å²) < 4.78 is 15.2. The first-order valence-electron chi connectivity index (χ1n) is 14.3. The van der Waals surface area contributed by atoms with Crippen molar-refractivity contribution < 1.29 is 14.0 Å². The molecule has 1 aromatic heterocycles. The highest BCUT2D eigenvalue weighted by Gasteiger charge is 2.56. The summed E-state index contributed by atoms with van der Waals surface area (Å²) in [6.07, 6.45) is 6.43. The molecule has 2 spiro atoms. The molecule has 1 atom stereocenters. The monoisotopic (exact) mass is 533 g/mol. The first-order valence-corrected chi connectivity index (χ1v) is 14.3. The summed E-state index contributed by atoms with van der Waals surface area (Å²) in [5.74, 6) is 0.280. The molecular formula is C29H36FN7O2. The van der Waals surface area contributed by atoms with E-state index < -0.39 is 5.41 Å². The Bertz CT molecular complexity index is 1330. The van der Waals surface area contributed by atoms with Crippen molar-refractivity contribution in [1.82, 2.24) is 20.2 Å². The second-order valence-electron chi connectivity index (χ2n) is 12.6. The zero-order chi connectivity index (χ0) is 26.9. The Morgan fingerprint density at radius 1 is 1.13 bits per heavy atom. The first kappa shape index (κ1) is 24.7. The van der Waals surface area contributed by atoms with Gasteiger partial charge in [-0.3, -0.25) is 19.4 Å². The largest absolute Gasteiger partial charge is 0.368 e. The van der Waals surface area contributed by atoms with Crippen molar-refractivity contribution in [2.45, 2.75) is 64.5 Å². The molecule has 5 aliphatic rings. The van der Waals surface area contributed by atoms with Gasteiger partial charge in [-0.05, 0) is 51.3 Å². The fourth-order valence-corrected chi connectivity index (χ4v) is 7.35. The lowest BCUT2D eigenvalue weighted by Gasteiger charge is -2.62. The molecule has 0 unspecified atom stereocenters. The van der Waals surface area contributed by atoms with E-state index in [-0.39, 0.29) is 23.7 Å². The number of aromatic nitrogens is 2. The number of fused-ring (bicyclic) bond motifs is 1. The van der Waals surface area contributed by atoms with Crippen molar-refractivity contribution in [1.29, 1.82) is 0 Å². The smallest absolute Gasteiger partial charge is 0.244 e. The van der Waals surface area contributed by atoms with Gasteiger partial charge in [0.2, 0.25) is 17.8 Å². The molecular weight excluding hydrogens is 497 g/mol. The minimum absolute atomic E-state index is 0.0319. The number of amides is 2. The number of likely N-dealkylation sites (tertiary alicyclic amines) is 1. The van der Waals surface area contributed by atoms with Crippen LogP contribution in [0.5, 0.6) is 0 Å². The van der Waals surface area contributed by atoms with Crippen LogP contribution < -0.4 is 20.4 Å². The van der Waals surface area contributed by atoms with E-state index in [0.29, 0.717) is 54.0 Å². The van der Waals surface area contributed by atoms with Gasteiger partial charge in [0.25, 0.3) is 0 Å². The van der Waals surface area contributed by atoms with Gasteiger partial charge in [0.1, 0.15) is 17.1 Å². The van der Waals surface area contributed by atoms with E-state index in [1.165, 1.54) is 6.07 Å². The fourth-order valence-electron chi connectivity index (χ4n) is 7.35. The van der Waals surface area contributed by atoms with Crippen LogP contribution in [0.15, 0.2) is 24.4 Å². The maximum atomic E-state index is 15.2. The van der Waals surface area contributed by atoms with Crippen LogP contribution in [0.25, 0.3) is 0 Å². The number of halogens is 1. The predicted octanol–water partition coefficient (Wildman–Crippen LogP) is 3.23. The van der Waals surface area contributed by atoms with Crippen LogP contribution in [0.2, 0.25) is 0 Å². The summed E-state index contributed by atoms with van der Waals surface area (Å²) in [4.78, 5) is 42.2. The number of rotatable bonds is 5. The molecule has 5 heterocycles. The average molecular weight is 534 g/mol. The molecule has 9 nitrogen and oxygen atoms in total. The Labute approximate surface area is 228 Å². The minimum Gasteiger partial charge on any atom is -0.368 e. The van der Waals surface area contributed by atoms with Crippen LogP contribution in [0.3, 0.4) is 0 Å². The first-order chi connectivity index (χ1) is 18.8. The van der Waals surface area contributed by atoms with Gasteiger partial charge in [0.15, 0.2) is 0 Å². The highest BCUT2D eigenvalue weighted by Crippen LogP contribution is 2.45. The molecule has 1 aromatic carbocycles. The summed E-state index contributed by atoms with van der Waals surface area (Å²) >= 11 is 0. The maximum Gasteiger partial charge on any atom is 0.244 e. The number of anilines is 4. The van der Waals surface area contributed by atoms with E-state index in [1.54, 1.807) is 11.1 Å². The molecule has 10 heteroatoms. The lowest BCUT2D eigenvalue weighted by Crippen LogP contribution is -2.73. The van der Waals surface area contributed by atoms with Gasteiger partial charge in [-0.25, -0.2) is 9.37 Å². The van der Waals surface area contributed by atoms with Gasteiger partial charge in [-0.2, -0.15) is 4.98 Å². The lowest BCUT2D eigenvalue weighted by atomic mass is 9.72. The van der Waals surface area contributed by atoms with E-state index in [1.807, 2.05) is 12.1 Å². The zero-order valence-electron chi connectivity index (χ0n) is 22.7. The molecule has 2 amide bonds. The maximum absolute atomic E-state index is 15.2. The molecule has 7 rings (SSSR count). The molecule has 2 N–H and O–H groups in total. The van der Waals surface area contributed by atoms with Crippen LogP contribution in [0.4, 0.5) is 27.5 Å². The SMILES string of the molecule is CC(C)N1CC2(CN(c3ccc(Nc4ncc5c(n4)N(C4CCCC4)C(=O)[C@]4(CCNC4=O)C5)cc3F)C2)C1. The molecule has 4 aliphatic heterocycles. The topological polar surface area (TPSA) is 93.7 Å². The minimum atomic E-state index is -1.06. The van der Waals surface area contributed by atoms with Gasteiger partial charge in [0.05, 0.1) is 5.69 Å². The van der Waals surface area contributed by atoms with E-state index in [4.69, 9.17) is 4.98 Å². The van der Waals surface area contributed by atoms with Crippen LogP contribution in [0.1, 0.15) is 51.5 Å². The molecule has 4 fully saturated rings. The number of carbonyl (C=O) groups is 2. The quantitative estimate of drug-likeness (QED) is 0.570. The zero-order valence-corrected chi connectivity index (χ0v) is 22.7. The van der Waals surface area contributed by atoms with E-state index in [9.17, 15) is 9.59 Å². The second kappa shape index (κ2) is 8.87. The predicted molar refractivity (Wildman–Crippen MR) is 147 cm³/mol. The highest BCUT2D eigenvalue weighted by molar-refractivity contribution is 6.14. The summed E-state index contributed by atoms with van der Waals surface area (Å²) in [5, 5.41) is 6.00. The van der Waals surface area contributed by atoms with Crippen molar-refractivity contribution in [3.8, 4) is 0 Å². The van der Waals surface area contributed by atoms with Crippen molar-refractivity contribution >= 4 is 35.0 Å². The van der Waals surface area contributed by atoms with Crippen molar-refractivity contribution in [2.75, 3.05) is 47.8 Å². The number of nitrogens with one attached hydrogen (secondary N) is 2. The Morgan fingerprint density at radius 3 is 2.56 bits per heavy atom. The van der Waals surface area contributed by atoms with E-state index in [2.05, 4.69) is 39.3 Å². The number of hydrogen-bond acceptors (Lipinski definition) is 7. The molecule has 206 valence electrons. The number of carbonyl (C=O) groups excluding carboxylic acids is 2. The van der Waals surface area contributed by atoms with Crippen LogP contribution >= 0.6 is 0 Å². The number of nitrogens with zero attached hydrogens (tertiary/aromatic N) is 5. The number of benzene rings is 1. The van der Waals surface area contributed by atoms with E-state index in [0.717, 1.165) is 57.4 Å². The third-order valence-corrected chi connectivity index (χ3v) is 9.56. The third kappa shape index (κ3) is 3.90. The van der Waals surface area contributed by atoms with Crippen LogP contribution in [-0.4, -0.2) is 71.5 Å². The van der Waals surface area contributed by atoms with Gasteiger partial charge in [0, 0.05) is 74.1 Å². The summed E-state index contributed by atoms with van der Waals surface area (Å²) in [5.41, 5.74) is 1.24. The van der Waals surface area contributed by atoms with Crippen molar-refractivity contribution in [3.63, 3.8) is 0 Å². The third-order valence-electron chi connectivity index (χ3n) is 9.56. The number of hydrogen-bond donors (Lipinski definition) is 2. The normalized spacial score (nSPS) is 26.3. The Kier molecular flexibility index (Phi) is 5.63. The highest BCUT2D eigenvalue weighted by atomic mass is 19.1. The fraction of sp³-hybridized carbons (Fsp3) is 0.586. The van der Waals surface area contributed by atoms with E-state index >= 15 is 4.39 Å². The van der Waals surface area contributed by atoms with Crippen LogP contribution in [0, 0.1) is 16.6 Å². The van der Waals surface area contributed by atoms with Gasteiger partial charge < -0.3 is 15.5 Å². The standard InChI is InChI=1S/C29H36FN7O2/c1-18(2)35-14-28(15-35)16-36(17-28)23-8-7-20(11-22(23)30)33-27-32-13-19-12-29(9-10-31-25(29)38)26(39)37(24(19)34-27)21-5-3-4-6-21/h7-8,11,13,18,21H,3-6,9-10,12,14-17H2,1-2H3,(H,31,38)(H,32,33,34)/t29-/m1/s1. The van der Waals surface area contributed by atoms with Crippen molar-refractivity contribution in [3.05, 3.63) is 35.8 Å². The van der Waals surface area contributed by atoms with Crippen LogP contribution in [-0.2, 0) is 16.0 Å². The Hall–Kier alpha value is -3.27. The Balaban J connectivity index is 1.10. The van der Waals surface area contributed by atoms with Gasteiger partial charge >= 0.3 is 0 Å². The molecule has 0 radical (unpaired) electrons. The summed E-state index contributed by atoms with van der Waals surface area (Å²) in [6, 6.07) is 5.75. The molecule has 1 saturated carbocycles. The van der Waals surface area contributed by atoms with Gasteiger partial charge in [-0.1, -0.05) is 12.8 Å². The van der Waals surface area contributed by atoms with Gasteiger partial charge in [-0.15, -0.1) is 0 Å². The second-order valence-corrected chi connectivity index (χ2v) is 12.6. The summed E-state index contributed by atoms with van der Waals surface area (Å²) in [7, 11) is 0. The molecule has 3 saturated heterocycles. The molecule has 0 bridgehead atoms. The molecule has 2 aromatic rings. The molecule has 39 heavy (non-hydrogen) atoms. The lowest BCUT2D eigenvalue weighted by molar-refractivity contribution is -0.140. The van der Waals surface area contributed by atoms with Crippen molar-refractivity contribution in [2.24, 2.45) is 10.8 Å². The average Bonchev–Trinajstić information content (AvgIpc) is 3.50.